The third-order valence-corrected chi connectivity index (χ3v) is 3.66. The Hall–Kier alpha value is -2.07. The van der Waals surface area contributed by atoms with Crippen LogP contribution in [0, 0.1) is 5.92 Å². The smallest absolute Gasteiger partial charge is 0.270 e. The van der Waals surface area contributed by atoms with E-state index < -0.39 is 0 Å². The van der Waals surface area contributed by atoms with Gasteiger partial charge >= 0.3 is 0 Å². The minimum Gasteiger partial charge on any atom is -0.385 e. The zero-order valence-electron chi connectivity index (χ0n) is 13.5. The number of hydrogen-bond donors (Lipinski definition) is 2. The predicted octanol–water partition coefficient (Wildman–Crippen LogP) is 4.12. The molecule has 0 atom stereocenters. The van der Waals surface area contributed by atoms with Gasteiger partial charge in [0.25, 0.3) is 5.91 Å². The Morgan fingerprint density at radius 1 is 1.22 bits per heavy atom. The number of amides is 1. The largest absolute Gasteiger partial charge is 0.385 e. The predicted molar refractivity (Wildman–Crippen MR) is 94.8 cm³/mol. The zero-order chi connectivity index (χ0) is 16.7. The minimum atomic E-state index is -0.188. The number of carbonyl (C=O) groups is 1. The highest BCUT2D eigenvalue weighted by Gasteiger charge is 2.08. The van der Waals surface area contributed by atoms with E-state index in [4.69, 9.17) is 11.6 Å². The summed E-state index contributed by atoms with van der Waals surface area (Å²) in [4.78, 5) is 16.3. The van der Waals surface area contributed by atoms with Gasteiger partial charge in [0, 0.05) is 30.0 Å². The molecule has 0 aliphatic rings. The van der Waals surface area contributed by atoms with Gasteiger partial charge in [-0.05, 0) is 42.2 Å². The summed E-state index contributed by atoms with van der Waals surface area (Å²) in [5.74, 6) is 0.457. The van der Waals surface area contributed by atoms with Crippen LogP contribution in [0.3, 0.4) is 0 Å². The van der Waals surface area contributed by atoms with Gasteiger partial charge in [-0.2, -0.15) is 0 Å². The van der Waals surface area contributed by atoms with Gasteiger partial charge in [-0.25, -0.2) is 0 Å². The number of pyridine rings is 1. The lowest BCUT2D eigenvalue weighted by Crippen LogP contribution is -2.23. The fraction of sp³-hybridized carbons (Fsp3) is 0.333. The molecule has 2 rings (SSSR count). The van der Waals surface area contributed by atoms with Crippen LogP contribution >= 0.6 is 11.6 Å². The number of halogens is 1. The fourth-order valence-electron chi connectivity index (χ4n) is 2.05. The second-order valence-electron chi connectivity index (χ2n) is 5.85. The molecule has 1 aromatic heterocycles. The molecule has 0 aliphatic heterocycles. The SMILES string of the molecule is CC(C)CCNc1ccnc(C(=O)NCc2ccc(Cl)cc2)c1. The quantitative estimate of drug-likeness (QED) is 0.802. The van der Waals surface area contributed by atoms with Gasteiger partial charge in [-0.1, -0.05) is 37.6 Å². The highest BCUT2D eigenvalue weighted by Crippen LogP contribution is 2.11. The van der Waals surface area contributed by atoms with Crippen LogP contribution in [0.2, 0.25) is 5.02 Å². The number of benzene rings is 1. The molecule has 1 aromatic carbocycles. The third kappa shape index (κ3) is 5.91. The van der Waals surface area contributed by atoms with Crippen LogP contribution in [-0.4, -0.2) is 17.4 Å². The second-order valence-corrected chi connectivity index (χ2v) is 6.28. The molecule has 4 nitrogen and oxygen atoms in total. The second kappa shape index (κ2) is 8.53. The van der Waals surface area contributed by atoms with Gasteiger partial charge in [0.15, 0.2) is 0 Å². The van der Waals surface area contributed by atoms with Gasteiger partial charge in [0.05, 0.1) is 0 Å². The third-order valence-electron chi connectivity index (χ3n) is 3.41. The summed E-state index contributed by atoms with van der Waals surface area (Å²) in [6.07, 6.45) is 2.73. The van der Waals surface area contributed by atoms with E-state index in [1.165, 1.54) is 0 Å². The van der Waals surface area contributed by atoms with Crippen LogP contribution in [0.25, 0.3) is 0 Å². The van der Waals surface area contributed by atoms with Crippen LogP contribution < -0.4 is 10.6 Å². The standard InChI is InChI=1S/C18H22ClN3O/c1-13(2)7-9-20-16-8-10-21-17(11-16)18(23)22-12-14-3-5-15(19)6-4-14/h3-6,8,10-11,13H,7,9,12H2,1-2H3,(H,20,21)(H,22,23). The van der Waals surface area contributed by atoms with E-state index >= 15 is 0 Å². The number of hydrogen-bond acceptors (Lipinski definition) is 3. The maximum atomic E-state index is 12.2. The molecule has 0 fully saturated rings. The Morgan fingerprint density at radius 2 is 1.96 bits per heavy atom. The van der Waals surface area contributed by atoms with Gasteiger partial charge < -0.3 is 10.6 Å². The number of nitrogens with one attached hydrogen (secondary N) is 2. The lowest BCUT2D eigenvalue weighted by atomic mass is 10.1. The maximum Gasteiger partial charge on any atom is 0.270 e. The zero-order valence-corrected chi connectivity index (χ0v) is 14.2. The van der Waals surface area contributed by atoms with Gasteiger partial charge in [-0.15, -0.1) is 0 Å². The van der Waals surface area contributed by atoms with Crippen molar-refractivity contribution in [1.29, 1.82) is 0 Å². The van der Waals surface area contributed by atoms with Crippen LogP contribution in [-0.2, 0) is 6.54 Å². The Kier molecular flexibility index (Phi) is 6.41. The average molecular weight is 332 g/mol. The topological polar surface area (TPSA) is 54.0 Å². The molecule has 1 amide bonds. The molecule has 0 unspecified atom stereocenters. The molecule has 0 saturated carbocycles. The van der Waals surface area contributed by atoms with Crippen LogP contribution in [0.1, 0.15) is 36.3 Å². The molecule has 122 valence electrons. The molecule has 2 aromatic rings. The average Bonchev–Trinajstić information content (AvgIpc) is 2.54. The van der Waals surface area contributed by atoms with E-state index in [-0.39, 0.29) is 5.91 Å². The van der Waals surface area contributed by atoms with Crippen molar-refractivity contribution in [3.63, 3.8) is 0 Å². The first-order valence-electron chi connectivity index (χ1n) is 7.77. The Balaban J connectivity index is 1.90. The molecule has 5 heteroatoms. The summed E-state index contributed by atoms with van der Waals surface area (Å²) < 4.78 is 0. The molecule has 0 bridgehead atoms. The van der Waals surface area contributed by atoms with Crippen molar-refractivity contribution >= 4 is 23.2 Å². The normalized spacial score (nSPS) is 10.6. The van der Waals surface area contributed by atoms with Crippen molar-refractivity contribution < 1.29 is 4.79 Å². The molecule has 0 radical (unpaired) electrons. The van der Waals surface area contributed by atoms with E-state index in [1.54, 1.807) is 24.4 Å². The maximum absolute atomic E-state index is 12.2. The molecule has 2 N–H and O–H groups in total. The number of carbonyl (C=O) groups excluding carboxylic acids is 1. The van der Waals surface area contributed by atoms with Crippen molar-refractivity contribution in [2.45, 2.75) is 26.8 Å². The van der Waals surface area contributed by atoms with Crippen molar-refractivity contribution in [3.8, 4) is 0 Å². The summed E-state index contributed by atoms with van der Waals surface area (Å²) in [6, 6.07) is 11.0. The highest BCUT2D eigenvalue weighted by molar-refractivity contribution is 6.30. The molecule has 0 spiro atoms. The van der Waals surface area contributed by atoms with E-state index in [9.17, 15) is 4.79 Å². The van der Waals surface area contributed by atoms with Crippen molar-refractivity contribution in [1.82, 2.24) is 10.3 Å². The van der Waals surface area contributed by atoms with Gasteiger partial charge in [0.1, 0.15) is 5.69 Å². The first-order chi connectivity index (χ1) is 11.0. The molecular weight excluding hydrogens is 310 g/mol. The number of nitrogens with zero attached hydrogens (tertiary/aromatic N) is 1. The van der Waals surface area contributed by atoms with E-state index in [2.05, 4.69) is 29.5 Å². The first kappa shape index (κ1) is 17.3. The molecular formula is C18H22ClN3O. The highest BCUT2D eigenvalue weighted by atomic mass is 35.5. The lowest BCUT2D eigenvalue weighted by Gasteiger charge is -2.10. The van der Waals surface area contributed by atoms with Crippen molar-refractivity contribution in [2.24, 2.45) is 5.92 Å². The van der Waals surface area contributed by atoms with Crippen molar-refractivity contribution in [3.05, 3.63) is 58.9 Å². The first-order valence-corrected chi connectivity index (χ1v) is 8.15. The van der Waals surface area contributed by atoms with Gasteiger partial charge in [0.2, 0.25) is 0 Å². The molecule has 0 aliphatic carbocycles. The van der Waals surface area contributed by atoms with E-state index in [1.807, 2.05) is 18.2 Å². The van der Waals surface area contributed by atoms with E-state index in [0.29, 0.717) is 23.2 Å². The number of aromatic nitrogens is 1. The van der Waals surface area contributed by atoms with Crippen LogP contribution in [0.5, 0.6) is 0 Å². The van der Waals surface area contributed by atoms with E-state index in [0.717, 1.165) is 24.2 Å². The summed E-state index contributed by atoms with van der Waals surface area (Å²) >= 11 is 5.84. The monoisotopic (exact) mass is 331 g/mol. The Bertz CT molecular complexity index is 641. The summed E-state index contributed by atoms with van der Waals surface area (Å²) in [7, 11) is 0. The molecule has 23 heavy (non-hydrogen) atoms. The summed E-state index contributed by atoms with van der Waals surface area (Å²) in [6.45, 7) is 5.70. The van der Waals surface area contributed by atoms with Crippen LogP contribution in [0.15, 0.2) is 42.6 Å². The van der Waals surface area contributed by atoms with Gasteiger partial charge in [-0.3, -0.25) is 9.78 Å². The summed E-state index contributed by atoms with van der Waals surface area (Å²) in [5, 5.41) is 6.86. The Morgan fingerprint density at radius 3 is 2.65 bits per heavy atom. The fourth-order valence-corrected chi connectivity index (χ4v) is 2.17. The Labute approximate surface area is 142 Å². The van der Waals surface area contributed by atoms with Crippen LogP contribution in [0.4, 0.5) is 5.69 Å². The number of rotatable bonds is 7. The minimum absolute atomic E-state index is 0.188. The van der Waals surface area contributed by atoms with Crippen molar-refractivity contribution in [2.75, 3.05) is 11.9 Å². The number of anilines is 1. The lowest BCUT2D eigenvalue weighted by molar-refractivity contribution is 0.0946. The molecule has 1 heterocycles. The summed E-state index contributed by atoms with van der Waals surface area (Å²) in [5.41, 5.74) is 2.32. The molecule has 0 saturated heterocycles.